The fraction of sp³-hybridized carbons (Fsp3) is 0.444. The molecule has 19 heteroatoms. The van der Waals surface area contributed by atoms with Gasteiger partial charge in [-0.3, -0.25) is 33.6 Å². The molecule has 298 valence electrons. The van der Waals surface area contributed by atoms with Crippen LogP contribution in [0.15, 0.2) is 54.6 Å². The fourth-order valence-electron chi connectivity index (χ4n) is 5.24. The van der Waals surface area contributed by atoms with Gasteiger partial charge in [0, 0.05) is 18.5 Å². The van der Waals surface area contributed by atoms with Gasteiger partial charge < -0.3 is 58.5 Å². The van der Waals surface area contributed by atoms with Crippen LogP contribution in [0.4, 0.5) is 5.69 Å². The largest absolute Gasteiger partial charge is 0.464 e. The van der Waals surface area contributed by atoms with E-state index in [1.165, 1.54) is 0 Å². The molecule has 2 aromatic rings. The molecule has 55 heavy (non-hydrogen) atoms. The van der Waals surface area contributed by atoms with Gasteiger partial charge in [-0.15, -0.1) is 0 Å². The normalized spacial score (nSPS) is 15.0. The van der Waals surface area contributed by atoms with E-state index in [-0.39, 0.29) is 26.1 Å². The number of aliphatic hydroxyl groups excluding tert-OH is 1. The zero-order valence-electron chi connectivity index (χ0n) is 30.3. The number of carbonyl (C=O) groups excluding carboxylic acids is 8. The van der Waals surface area contributed by atoms with Crippen molar-refractivity contribution in [1.82, 2.24) is 31.9 Å². The highest BCUT2D eigenvalue weighted by Crippen LogP contribution is 2.10. The summed E-state index contributed by atoms with van der Waals surface area (Å²) in [6.45, 7) is -1.16. The maximum Gasteiger partial charge on any atom is 0.328 e. The molecular formula is C36H49N9O10. The van der Waals surface area contributed by atoms with Crippen molar-refractivity contribution in [3.63, 3.8) is 0 Å². The Balaban J connectivity index is 1.48. The molecule has 19 nitrogen and oxygen atoms in total. The Kier molecular flexibility index (Phi) is 18.2. The minimum atomic E-state index is -1.34. The molecule has 0 aliphatic carbocycles. The molecule has 0 saturated carbocycles. The summed E-state index contributed by atoms with van der Waals surface area (Å²) in [4.78, 5) is 101. The number of esters is 1. The first-order chi connectivity index (χ1) is 26.4. The molecule has 1 aliphatic rings. The molecule has 7 amide bonds. The number of nitrogens with two attached hydrogens (primary N) is 2. The van der Waals surface area contributed by atoms with Crippen LogP contribution in [-0.2, 0) is 56.1 Å². The van der Waals surface area contributed by atoms with Crippen LogP contribution >= 0.6 is 0 Å². The van der Waals surface area contributed by atoms with E-state index in [0.717, 1.165) is 5.56 Å². The van der Waals surface area contributed by atoms with E-state index in [9.17, 15) is 43.5 Å². The van der Waals surface area contributed by atoms with Crippen LogP contribution in [0.3, 0.4) is 0 Å². The predicted molar refractivity (Wildman–Crippen MR) is 197 cm³/mol. The number of anilines is 1. The second-order valence-electron chi connectivity index (χ2n) is 12.7. The molecule has 4 atom stereocenters. The van der Waals surface area contributed by atoms with E-state index in [0.29, 0.717) is 37.1 Å². The van der Waals surface area contributed by atoms with Gasteiger partial charge >= 0.3 is 5.97 Å². The number of unbranched alkanes of at least 4 members (excludes halogenated alkanes) is 1. The summed E-state index contributed by atoms with van der Waals surface area (Å²) in [6.07, 6.45) is 1.05. The molecule has 1 fully saturated rings. The van der Waals surface area contributed by atoms with E-state index in [2.05, 4.69) is 37.2 Å². The van der Waals surface area contributed by atoms with Crippen LogP contribution in [0.25, 0.3) is 0 Å². The zero-order valence-corrected chi connectivity index (χ0v) is 30.3. The number of hydrogen-bond acceptors (Lipinski definition) is 12. The third-order valence-corrected chi connectivity index (χ3v) is 8.24. The summed E-state index contributed by atoms with van der Waals surface area (Å²) in [5, 5.41) is 26.6. The Morgan fingerprint density at radius 1 is 0.745 bits per heavy atom. The maximum absolute atomic E-state index is 13.1. The van der Waals surface area contributed by atoms with Crippen molar-refractivity contribution >= 4 is 53.0 Å². The highest BCUT2D eigenvalue weighted by atomic mass is 16.5. The highest BCUT2D eigenvalue weighted by Gasteiger charge is 2.30. The van der Waals surface area contributed by atoms with Crippen LogP contribution in [0.5, 0.6) is 0 Å². The Labute approximate surface area is 317 Å². The number of amides is 7. The molecule has 2 aromatic carbocycles. The molecule has 1 heterocycles. The molecule has 0 aromatic heterocycles. The van der Waals surface area contributed by atoms with Crippen LogP contribution in [0, 0.1) is 0 Å². The average Bonchev–Trinajstić information content (AvgIpc) is 3.58. The van der Waals surface area contributed by atoms with Gasteiger partial charge in [0.15, 0.2) is 0 Å². The van der Waals surface area contributed by atoms with Crippen molar-refractivity contribution in [3.8, 4) is 0 Å². The monoisotopic (exact) mass is 767 g/mol. The Morgan fingerprint density at radius 3 is 2.04 bits per heavy atom. The second kappa shape index (κ2) is 23.0. The third-order valence-electron chi connectivity index (χ3n) is 8.24. The van der Waals surface area contributed by atoms with Crippen molar-refractivity contribution in [1.29, 1.82) is 0 Å². The van der Waals surface area contributed by atoms with Gasteiger partial charge in [0.1, 0.15) is 18.1 Å². The molecule has 0 spiro atoms. The first-order valence-electron chi connectivity index (χ1n) is 17.8. The number of hydrogen-bond donors (Lipinski definition) is 10. The topological polar surface area (TPSA) is 302 Å². The van der Waals surface area contributed by atoms with Gasteiger partial charge in [-0.1, -0.05) is 42.5 Å². The van der Waals surface area contributed by atoms with E-state index >= 15 is 0 Å². The van der Waals surface area contributed by atoms with Crippen molar-refractivity contribution in [2.45, 2.75) is 69.3 Å². The van der Waals surface area contributed by atoms with Crippen LogP contribution in [0.1, 0.15) is 43.2 Å². The van der Waals surface area contributed by atoms with Crippen molar-refractivity contribution in [2.75, 3.05) is 38.1 Å². The number of aliphatic hydroxyl groups is 1. The van der Waals surface area contributed by atoms with Crippen LogP contribution in [-0.4, -0.2) is 109 Å². The van der Waals surface area contributed by atoms with E-state index in [4.69, 9.17) is 16.2 Å². The summed E-state index contributed by atoms with van der Waals surface area (Å²) in [5.41, 5.74) is 13.3. The SMILES string of the molecule is NCCCC[C@H](NC(=O)[C@@H](N)CC(=O)N[C@H]1CCOC1=O)C(=O)NCC(=O)NCC(=O)N[C@@H](Cc1ccccc1)C(=O)NCC(=O)Nc1ccc(CO)cc1. The van der Waals surface area contributed by atoms with Gasteiger partial charge in [-0.05, 0) is 49.1 Å². The molecule has 3 rings (SSSR count). The first kappa shape index (κ1) is 43.5. The van der Waals surface area contributed by atoms with Crippen molar-refractivity contribution in [2.24, 2.45) is 11.5 Å². The van der Waals surface area contributed by atoms with Crippen LogP contribution in [0.2, 0.25) is 0 Å². The average molecular weight is 768 g/mol. The number of ether oxygens (including phenoxy) is 1. The third kappa shape index (κ3) is 15.9. The van der Waals surface area contributed by atoms with Gasteiger partial charge in [0.25, 0.3) is 0 Å². The van der Waals surface area contributed by atoms with Gasteiger partial charge in [0.2, 0.25) is 41.4 Å². The fourth-order valence-corrected chi connectivity index (χ4v) is 5.24. The maximum atomic E-state index is 13.1. The molecule has 0 bridgehead atoms. The van der Waals surface area contributed by atoms with E-state index in [1.54, 1.807) is 54.6 Å². The summed E-state index contributed by atoms with van der Waals surface area (Å²) >= 11 is 0. The van der Waals surface area contributed by atoms with Crippen molar-refractivity contribution in [3.05, 3.63) is 65.7 Å². The lowest BCUT2D eigenvalue weighted by molar-refractivity contribution is -0.141. The molecule has 1 saturated heterocycles. The number of benzene rings is 2. The first-order valence-corrected chi connectivity index (χ1v) is 17.8. The number of cyclic esters (lactones) is 1. The minimum Gasteiger partial charge on any atom is -0.464 e. The number of rotatable bonds is 22. The number of carbonyl (C=O) groups is 8. The summed E-state index contributed by atoms with van der Waals surface area (Å²) in [5.74, 6) is -5.39. The second-order valence-corrected chi connectivity index (χ2v) is 12.7. The summed E-state index contributed by atoms with van der Waals surface area (Å²) in [7, 11) is 0. The predicted octanol–water partition coefficient (Wildman–Crippen LogP) is -3.04. The molecule has 12 N–H and O–H groups in total. The van der Waals surface area contributed by atoms with Crippen molar-refractivity contribution < 1.29 is 48.2 Å². The lowest BCUT2D eigenvalue weighted by Gasteiger charge is -2.21. The van der Waals surface area contributed by atoms with E-state index < -0.39 is 97.5 Å². The molecule has 1 aliphatic heterocycles. The van der Waals surface area contributed by atoms with Crippen LogP contribution < -0.4 is 48.7 Å². The quantitative estimate of drug-likeness (QED) is 0.0423. The molecule has 0 radical (unpaired) electrons. The van der Waals surface area contributed by atoms with Gasteiger partial charge in [0.05, 0.1) is 45.3 Å². The van der Waals surface area contributed by atoms with E-state index in [1.807, 2.05) is 0 Å². The molecular weight excluding hydrogens is 718 g/mol. The Hall–Kier alpha value is -5.92. The lowest BCUT2D eigenvalue weighted by atomic mass is 10.1. The van der Waals surface area contributed by atoms with Gasteiger partial charge in [-0.2, -0.15) is 0 Å². The zero-order chi connectivity index (χ0) is 40.2. The van der Waals surface area contributed by atoms with Gasteiger partial charge in [-0.25, -0.2) is 4.79 Å². The minimum absolute atomic E-state index is 0.0768. The number of nitrogens with one attached hydrogen (secondary N) is 7. The lowest BCUT2D eigenvalue weighted by Crippen LogP contribution is -2.54. The Morgan fingerprint density at radius 2 is 1.40 bits per heavy atom. The molecule has 0 unspecified atom stereocenters. The Bertz CT molecular complexity index is 1640. The highest BCUT2D eigenvalue weighted by molar-refractivity contribution is 5.97. The smallest absolute Gasteiger partial charge is 0.328 e. The summed E-state index contributed by atoms with van der Waals surface area (Å²) in [6, 6.07) is 10.9. The standard InChI is InChI=1S/C36H49N9O10/c37-14-5-4-8-26(45-33(51)25(38)17-29(47)43-27-13-15-55-36(27)54)34(52)40-18-30(48)39-19-32(50)44-28(16-22-6-2-1-3-7-22)35(53)41-20-31(49)42-24-11-9-23(21-46)10-12-24/h1-3,6-7,9-12,25-28,46H,4-5,8,13-21,37-38H2,(H,39,48)(H,40,52)(H,41,53)(H,42,49)(H,43,47)(H,44,50)(H,45,51)/t25-,26-,27-,28-/m0/s1. The summed E-state index contributed by atoms with van der Waals surface area (Å²) < 4.78 is 4.79.